The molecule has 0 aliphatic carbocycles. The van der Waals surface area contributed by atoms with Gasteiger partial charge in [0.25, 0.3) is 0 Å². The number of aliphatic carboxylic acids is 1. The van der Waals surface area contributed by atoms with Gasteiger partial charge in [0.1, 0.15) is 29.1 Å². The standard InChI is InChI=1S/C15H16F2N4O3S/c16-11(17)6-9(15(23)24)20-13(22)10-2-1-4-21(10)12-8-3-5-25-14(8)19-7-18-12/h3,5,7,9-11H,1-2,4,6H2,(H,20,22)(H,23,24). The SMILES string of the molecule is O=C(O)C(CC(F)F)NC(=O)C1CCCN1c1ncnc2sccc12. The van der Waals surface area contributed by atoms with E-state index in [1.165, 1.54) is 17.7 Å². The zero-order chi connectivity index (χ0) is 18.0. The molecule has 0 radical (unpaired) electrons. The van der Waals surface area contributed by atoms with Crippen molar-refractivity contribution in [2.45, 2.75) is 37.8 Å². The monoisotopic (exact) mass is 370 g/mol. The molecular weight excluding hydrogens is 354 g/mol. The van der Waals surface area contributed by atoms with Crippen molar-refractivity contribution in [3.63, 3.8) is 0 Å². The molecule has 7 nitrogen and oxygen atoms in total. The Kier molecular flexibility index (Phi) is 5.07. The number of aromatic nitrogens is 2. The third-order valence-corrected chi connectivity index (χ3v) is 4.92. The number of hydrogen-bond donors (Lipinski definition) is 2. The number of carbonyl (C=O) groups is 2. The minimum atomic E-state index is -2.81. The summed E-state index contributed by atoms with van der Waals surface area (Å²) < 4.78 is 25.0. The molecular formula is C15H16F2N4O3S. The smallest absolute Gasteiger partial charge is 0.326 e. The van der Waals surface area contributed by atoms with Crippen LogP contribution >= 0.6 is 11.3 Å². The van der Waals surface area contributed by atoms with Gasteiger partial charge in [-0.05, 0) is 24.3 Å². The van der Waals surface area contributed by atoms with E-state index in [4.69, 9.17) is 5.11 Å². The molecule has 3 heterocycles. The molecule has 2 aromatic heterocycles. The Labute approximate surface area is 145 Å². The van der Waals surface area contributed by atoms with Gasteiger partial charge in [0.2, 0.25) is 12.3 Å². The first-order valence-corrected chi connectivity index (χ1v) is 8.61. The van der Waals surface area contributed by atoms with Gasteiger partial charge in [-0.25, -0.2) is 23.5 Å². The molecule has 0 bridgehead atoms. The van der Waals surface area contributed by atoms with Crippen molar-refractivity contribution >= 4 is 39.2 Å². The largest absolute Gasteiger partial charge is 0.480 e. The predicted octanol–water partition coefficient (Wildman–Crippen LogP) is 1.88. The number of halogens is 2. The van der Waals surface area contributed by atoms with Crippen molar-refractivity contribution in [3.05, 3.63) is 17.8 Å². The highest BCUT2D eigenvalue weighted by atomic mass is 32.1. The van der Waals surface area contributed by atoms with E-state index < -0.39 is 36.8 Å². The number of carbonyl (C=O) groups excluding carboxylic acids is 1. The Morgan fingerprint density at radius 1 is 1.44 bits per heavy atom. The Morgan fingerprint density at radius 2 is 2.24 bits per heavy atom. The molecule has 0 aromatic carbocycles. The van der Waals surface area contributed by atoms with E-state index in [0.717, 1.165) is 16.6 Å². The first kappa shape index (κ1) is 17.5. The second-order valence-corrected chi connectivity index (χ2v) is 6.61. The minimum Gasteiger partial charge on any atom is -0.480 e. The number of thiophene rings is 1. The summed E-state index contributed by atoms with van der Waals surface area (Å²) in [5.74, 6) is -1.45. The molecule has 0 spiro atoms. The quantitative estimate of drug-likeness (QED) is 0.806. The lowest BCUT2D eigenvalue weighted by molar-refractivity contribution is -0.143. The number of nitrogens with zero attached hydrogens (tertiary/aromatic N) is 3. The number of amides is 1. The van der Waals surface area contributed by atoms with Crippen LogP contribution in [-0.4, -0.2) is 52.0 Å². The lowest BCUT2D eigenvalue weighted by Gasteiger charge is -2.26. The average molecular weight is 370 g/mol. The summed E-state index contributed by atoms with van der Waals surface area (Å²) in [5.41, 5.74) is 0. The number of anilines is 1. The topological polar surface area (TPSA) is 95.4 Å². The zero-order valence-electron chi connectivity index (χ0n) is 13.1. The van der Waals surface area contributed by atoms with Gasteiger partial charge in [-0.2, -0.15) is 0 Å². The highest BCUT2D eigenvalue weighted by Crippen LogP contribution is 2.31. The lowest BCUT2D eigenvalue weighted by atomic mass is 10.1. The predicted molar refractivity (Wildman–Crippen MR) is 88.0 cm³/mol. The minimum absolute atomic E-state index is 0.502. The average Bonchev–Trinajstić information content (AvgIpc) is 3.22. The molecule has 2 unspecified atom stereocenters. The second-order valence-electron chi connectivity index (χ2n) is 5.71. The summed E-state index contributed by atoms with van der Waals surface area (Å²) in [6.45, 7) is 0.576. The Morgan fingerprint density at radius 3 is 2.96 bits per heavy atom. The molecule has 134 valence electrons. The molecule has 0 saturated carbocycles. The van der Waals surface area contributed by atoms with Gasteiger partial charge in [-0.3, -0.25) is 4.79 Å². The maximum Gasteiger partial charge on any atom is 0.326 e. The lowest BCUT2D eigenvalue weighted by Crippen LogP contribution is -2.50. The highest BCUT2D eigenvalue weighted by Gasteiger charge is 2.35. The maximum atomic E-state index is 12.5. The second kappa shape index (κ2) is 7.26. The fraction of sp³-hybridized carbons (Fsp3) is 0.467. The molecule has 1 aliphatic rings. The van der Waals surface area contributed by atoms with Gasteiger partial charge in [-0.15, -0.1) is 11.3 Å². The molecule has 2 aromatic rings. The molecule has 25 heavy (non-hydrogen) atoms. The number of alkyl halides is 2. The van der Waals surface area contributed by atoms with Crippen molar-refractivity contribution in [1.82, 2.24) is 15.3 Å². The van der Waals surface area contributed by atoms with Crippen LogP contribution in [-0.2, 0) is 9.59 Å². The Balaban J connectivity index is 1.80. The van der Waals surface area contributed by atoms with E-state index in [1.807, 2.05) is 11.4 Å². The van der Waals surface area contributed by atoms with E-state index in [2.05, 4.69) is 15.3 Å². The number of rotatable bonds is 6. The van der Waals surface area contributed by atoms with Gasteiger partial charge in [0.15, 0.2) is 0 Å². The van der Waals surface area contributed by atoms with Gasteiger partial charge in [0.05, 0.1) is 5.39 Å². The molecule has 1 aliphatic heterocycles. The maximum absolute atomic E-state index is 12.5. The van der Waals surface area contributed by atoms with E-state index in [1.54, 1.807) is 4.90 Å². The van der Waals surface area contributed by atoms with Crippen molar-refractivity contribution in [1.29, 1.82) is 0 Å². The molecule has 3 rings (SSSR count). The molecule has 10 heteroatoms. The fourth-order valence-electron chi connectivity index (χ4n) is 2.97. The third kappa shape index (κ3) is 3.68. The number of fused-ring (bicyclic) bond motifs is 1. The fourth-order valence-corrected chi connectivity index (χ4v) is 3.69. The summed E-state index contributed by atoms with van der Waals surface area (Å²) >= 11 is 1.45. The van der Waals surface area contributed by atoms with Gasteiger partial charge in [0, 0.05) is 13.0 Å². The summed E-state index contributed by atoms with van der Waals surface area (Å²) in [7, 11) is 0. The number of carboxylic acids is 1. The first-order valence-electron chi connectivity index (χ1n) is 7.73. The van der Waals surface area contributed by atoms with E-state index in [-0.39, 0.29) is 0 Å². The van der Waals surface area contributed by atoms with Crippen LogP contribution < -0.4 is 10.2 Å². The van der Waals surface area contributed by atoms with Crippen molar-refractivity contribution in [2.24, 2.45) is 0 Å². The molecule has 1 saturated heterocycles. The van der Waals surface area contributed by atoms with Crippen LogP contribution in [0.2, 0.25) is 0 Å². The van der Waals surface area contributed by atoms with Crippen LogP contribution in [0, 0.1) is 0 Å². The van der Waals surface area contributed by atoms with Crippen LogP contribution in [0.3, 0.4) is 0 Å². The molecule has 2 atom stereocenters. The first-order chi connectivity index (χ1) is 12.0. The van der Waals surface area contributed by atoms with Crippen molar-refractivity contribution in [3.8, 4) is 0 Å². The summed E-state index contributed by atoms with van der Waals surface area (Å²) in [4.78, 5) is 34.6. The molecule has 1 fully saturated rings. The van der Waals surface area contributed by atoms with E-state index >= 15 is 0 Å². The van der Waals surface area contributed by atoms with E-state index in [9.17, 15) is 18.4 Å². The molecule has 1 amide bonds. The van der Waals surface area contributed by atoms with Gasteiger partial charge >= 0.3 is 5.97 Å². The van der Waals surface area contributed by atoms with Crippen molar-refractivity contribution < 1.29 is 23.5 Å². The van der Waals surface area contributed by atoms with Crippen LogP contribution in [0.4, 0.5) is 14.6 Å². The van der Waals surface area contributed by atoms with Crippen molar-refractivity contribution in [2.75, 3.05) is 11.4 Å². The van der Waals surface area contributed by atoms with E-state index in [0.29, 0.717) is 18.8 Å². The van der Waals surface area contributed by atoms with Crippen LogP contribution in [0.25, 0.3) is 10.2 Å². The van der Waals surface area contributed by atoms with Gasteiger partial charge < -0.3 is 15.3 Å². The number of carboxylic acid groups (broad SMARTS) is 1. The normalized spacial score (nSPS) is 18.7. The van der Waals surface area contributed by atoms with Crippen LogP contribution in [0.5, 0.6) is 0 Å². The summed E-state index contributed by atoms with van der Waals surface area (Å²) in [6, 6.07) is -0.390. The third-order valence-electron chi connectivity index (χ3n) is 4.10. The Hall–Kier alpha value is -2.36. The molecule has 2 N–H and O–H groups in total. The van der Waals surface area contributed by atoms with Crippen LogP contribution in [0.1, 0.15) is 19.3 Å². The van der Waals surface area contributed by atoms with Crippen LogP contribution in [0.15, 0.2) is 17.8 Å². The highest BCUT2D eigenvalue weighted by molar-refractivity contribution is 7.16. The summed E-state index contributed by atoms with van der Waals surface area (Å²) in [6.07, 6.45) is -1.09. The zero-order valence-corrected chi connectivity index (χ0v) is 13.9. The number of hydrogen-bond acceptors (Lipinski definition) is 6. The summed E-state index contributed by atoms with van der Waals surface area (Å²) in [5, 5.41) is 13.9. The van der Waals surface area contributed by atoms with Gasteiger partial charge in [-0.1, -0.05) is 0 Å². The Bertz CT molecular complexity index is 785. The number of nitrogens with one attached hydrogen (secondary N) is 1.